The van der Waals surface area contributed by atoms with Crippen molar-refractivity contribution in [3.05, 3.63) is 29.3 Å². The van der Waals surface area contributed by atoms with E-state index < -0.39 is 21.6 Å². The van der Waals surface area contributed by atoms with Crippen LogP contribution in [0.2, 0.25) is 0 Å². The predicted octanol–water partition coefficient (Wildman–Crippen LogP) is 2.31. The van der Waals surface area contributed by atoms with E-state index in [0.29, 0.717) is 10.7 Å². The molecule has 140 valence electrons. The first-order valence-electron chi connectivity index (χ1n) is 6.83. The lowest BCUT2D eigenvalue weighted by molar-refractivity contribution is -0.0429. The highest BCUT2D eigenvalue weighted by molar-refractivity contribution is 7.93. The number of nitrogens with one attached hydrogen (secondary N) is 1. The number of amides is 1. The SMILES string of the molecule is CC/C(=N\N(N)C(=O)OC)c1cc(C)ccc1NS(=O)(=O)C(F)(F)F. The fraction of sp³-hybridized carbons (Fsp3) is 0.385. The van der Waals surface area contributed by atoms with Crippen LogP contribution in [-0.4, -0.2) is 38.0 Å². The number of ether oxygens (including phenoxy) is 1. The molecule has 0 saturated carbocycles. The quantitative estimate of drug-likeness (QED) is 0.351. The summed E-state index contributed by atoms with van der Waals surface area (Å²) >= 11 is 0. The number of halogens is 3. The molecule has 0 unspecified atom stereocenters. The van der Waals surface area contributed by atoms with Gasteiger partial charge in [-0.1, -0.05) is 18.6 Å². The standard InChI is InChI=1S/C13H17F3N4O4S/c1-4-10(18-20(17)12(21)24-3)9-7-8(2)5-6-11(9)19-25(22,23)13(14,15)16/h5-7,19H,4,17H2,1-3H3/b18-10+. The number of carbonyl (C=O) groups excluding carboxylic acids is 1. The lowest BCUT2D eigenvalue weighted by Crippen LogP contribution is -2.34. The van der Waals surface area contributed by atoms with Crippen molar-refractivity contribution in [3.8, 4) is 0 Å². The highest BCUT2D eigenvalue weighted by Crippen LogP contribution is 2.28. The molecule has 3 N–H and O–H groups in total. The number of hydrazone groups is 1. The van der Waals surface area contributed by atoms with E-state index in [2.05, 4.69) is 9.84 Å². The topological polar surface area (TPSA) is 114 Å². The van der Waals surface area contributed by atoms with Gasteiger partial charge in [0, 0.05) is 5.56 Å². The summed E-state index contributed by atoms with van der Waals surface area (Å²) in [6, 6.07) is 4.01. The van der Waals surface area contributed by atoms with Crippen LogP contribution < -0.4 is 10.6 Å². The van der Waals surface area contributed by atoms with E-state index in [1.54, 1.807) is 13.8 Å². The third-order valence-electron chi connectivity index (χ3n) is 2.96. The average molecular weight is 382 g/mol. The molecule has 0 spiro atoms. The second-order valence-corrected chi connectivity index (χ2v) is 6.49. The normalized spacial score (nSPS) is 12.7. The number of alkyl halides is 3. The number of methoxy groups -OCH3 is 1. The van der Waals surface area contributed by atoms with Gasteiger partial charge in [0.25, 0.3) is 0 Å². The van der Waals surface area contributed by atoms with Gasteiger partial charge in [0.05, 0.1) is 18.5 Å². The van der Waals surface area contributed by atoms with Crippen molar-refractivity contribution >= 4 is 27.5 Å². The summed E-state index contributed by atoms with van der Waals surface area (Å²) in [5.74, 6) is 5.38. The van der Waals surface area contributed by atoms with E-state index in [0.717, 1.165) is 13.2 Å². The van der Waals surface area contributed by atoms with E-state index in [9.17, 15) is 26.4 Å². The molecule has 0 fully saturated rings. The van der Waals surface area contributed by atoms with E-state index in [-0.39, 0.29) is 23.4 Å². The van der Waals surface area contributed by atoms with Crippen LogP contribution in [0.25, 0.3) is 0 Å². The maximum Gasteiger partial charge on any atom is 0.516 e. The second-order valence-electron chi connectivity index (χ2n) is 4.82. The number of aryl methyl sites for hydroxylation is 1. The molecule has 1 aromatic rings. The second kappa shape index (κ2) is 7.70. The van der Waals surface area contributed by atoms with Gasteiger partial charge in [-0.3, -0.25) is 4.72 Å². The molecule has 8 nitrogen and oxygen atoms in total. The predicted molar refractivity (Wildman–Crippen MR) is 85.0 cm³/mol. The van der Waals surface area contributed by atoms with Crippen LogP contribution >= 0.6 is 0 Å². The summed E-state index contributed by atoms with van der Waals surface area (Å²) in [6.07, 6.45) is -0.856. The highest BCUT2D eigenvalue weighted by atomic mass is 32.2. The number of rotatable bonds is 5. The Bertz CT molecular complexity index is 778. The fourth-order valence-corrected chi connectivity index (χ4v) is 2.35. The van der Waals surface area contributed by atoms with Gasteiger partial charge >= 0.3 is 21.6 Å². The Morgan fingerprint density at radius 1 is 1.40 bits per heavy atom. The first kappa shape index (κ1) is 20.7. The van der Waals surface area contributed by atoms with Crippen molar-refractivity contribution in [1.82, 2.24) is 5.12 Å². The van der Waals surface area contributed by atoms with Crippen LogP contribution in [0.4, 0.5) is 23.7 Å². The molecule has 12 heteroatoms. The minimum Gasteiger partial charge on any atom is -0.450 e. The van der Waals surface area contributed by atoms with Crippen LogP contribution in [0.1, 0.15) is 24.5 Å². The Kier molecular flexibility index (Phi) is 6.37. The molecule has 0 atom stereocenters. The summed E-state index contributed by atoms with van der Waals surface area (Å²) in [6.45, 7) is 3.26. The zero-order valence-corrected chi connectivity index (χ0v) is 14.4. The van der Waals surface area contributed by atoms with Crippen molar-refractivity contribution in [3.63, 3.8) is 0 Å². The zero-order valence-electron chi connectivity index (χ0n) is 13.6. The first-order valence-corrected chi connectivity index (χ1v) is 8.31. The molecule has 25 heavy (non-hydrogen) atoms. The lowest BCUT2D eigenvalue weighted by Gasteiger charge is -2.17. The number of carbonyl (C=O) groups is 1. The number of hydrogen-bond acceptors (Lipinski definition) is 6. The highest BCUT2D eigenvalue weighted by Gasteiger charge is 2.46. The van der Waals surface area contributed by atoms with Gasteiger partial charge < -0.3 is 4.74 Å². The van der Waals surface area contributed by atoms with Crippen molar-refractivity contribution in [1.29, 1.82) is 0 Å². The van der Waals surface area contributed by atoms with E-state index in [1.165, 1.54) is 16.9 Å². The van der Waals surface area contributed by atoms with Crippen molar-refractivity contribution in [2.24, 2.45) is 10.9 Å². The first-order chi connectivity index (χ1) is 11.4. The van der Waals surface area contributed by atoms with Crippen LogP contribution in [0.15, 0.2) is 23.3 Å². The summed E-state index contributed by atoms with van der Waals surface area (Å²) in [7, 11) is -4.55. The molecule has 1 aromatic carbocycles. The summed E-state index contributed by atoms with van der Waals surface area (Å²) in [5.41, 5.74) is -5.06. The Labute approximate surface area is 142 Å². The van der Waals surface area contributed by atoms with Crippen LogP contribution in [-0.2, 0) is 14.8 Å². The number of nitrogens with zero attached hydrogens (tertiary/aromatic N) is 2. The van der Waals surface area contributed by atoms with Gasteiger partial charge in [-0.25, -0.2) is 10.6 Å². The fourth-order valence-electron chi connectivity index (χ4n) is 1.77. The monoisotopic (exact) mass is 382 g/mol. The van der Waals surface area contributed by atoms with Crippen LogP contribution in [0.5, 0.6) is 0 Å². The van der Waals surface area contributed by atoms with Gasteiger partial charge in [0.1, 0.15) is 0 Å². The molecule has 0 aliphatic rings. The smallest absolute Gasteiger partial charge is 0.450 e. The molecule has 0 heterocycles. The maximum atomic E-state index is 12.6. The van der Waals surface area contributed by atoms with Gasteiger partial charge in [0.15, 0.2) is 0 Å². The molecule has 0 aliphatic carbocycles. The molecule has 0 aromatic heterocycles. The molecular weight excluding hydrogens is 365 g/mol. The van der Waals surface area contributed by atoms with Crippen molar-refractivity contribution < 1.29 is 31.1 Å². The molecular formula is C13H17F3N4O4S. The lowest BCUT2D eigenvalue weighted by atomic mass is 10.0. The maximum absolute atomic E-state index is 12.6. The summed E-state index contributed by atoms with van der Waals surface area (Å²) < 4.78 is 66.4. The summed E-state index contributed by atoms with van der Waals surface area (Å²) in [4.78, 5) is 11.3. The summed E-state index contributed by atoms with van der Waals surface area (Å²) in [5, 5.41) is 4.13. The van der Waals surface area contributed by atoms with Crippen LogP contribution in [0.3, 0.4) is 0 Å². The van der Waals surface area contributed by atoms with Gasteiger partial charge in [0.2, 0.25) is 0 Å². The number of hydrazine groups is 1. The molecule has 0 bridgehead atoms. The van der Waals surface area contributed by atoms with Gasteiger partial charge in [-0.2, -0.15) is 26.7 Å². The number of benzene rings is 1. The van der Waals surface area contributed by atoms with E-state index in [4.69, 9.17) is 5.84 Å². The number of sulfonamides is 1. The minimum absolute atomic E-state index is 0.0506. The number of anilines is 1. The Morgan fingerprint density at radius 2 is 2.00 bits per heavy atom. The van der Waals surface area contributed by atoms with Crippen molar-refractivity contribution in [2.75, 3.05) is 11.8 Å². The number of nitrogens with two attached hydrogens (primary N) is 1. The number of hydrogen-bond donors (Lipinski definition) is 2. The van der Waals surface area contributed by atoms with Gasteiger partial charge in [-0.05, 0) is 25.5 Å². The van der Waals surface area contributed by atoms with E-state index >= 15 is 0 Å². The van der Waals surface area contributed by atoms with E-state index in [1.807, 2.05) is 0 Å². The average Bonchev–Trinajstić information content (AvgIpc) is 2.52. The van der Waals surface area contributed by atoms with Crippen LogP contribution in [0, 0.1) is 6.92 Å². The van der Waals surface area contributed by atoms with Crippen molar-refractivity contribution in [2.45, 2.75) is 25.8 Å². The Morgan fingerprint density at radius 3 is 2.48 bits per heavy atom. The Hall–Kier alpha value is -2.34. The molecule has 0 aliphatic heterocycles. The third kappa shape index (κ3) is 5.06. The Balaban J connectivity index is 3.42. The molecule has 0 radical (unpaired) electrons. The molecule has 1 rings (SSSR count). The zero-order chi connectivity index (χ0) is 19.4. The largest absolute Gasteiger partial charge is 0.516 e. The molecule has 0 saturated heterocycles. The third-order valence-corrected chi connectivity index (χ3v) is 4.06. The van der Waals surface area contributed by atoms with Gasteiger partial charge in [-0.15, -0.1) is 5.12 Å². The minimum atomic E-state index is -5.62. The molecule has 1 amide bonds.